The Bertz CT molecular complexity index is 645. The van der Waals surface area contributed by atoms with Crippen molar-refractivity contribution in [2.75, 3.05) is 13.6 Å². The largest absolute Gasteiger partial charge is 0.356 e. The summed E-state index contributed by atoms with van der Waals surface area (Å²) in [6.45, 7) is 8.65. The average Bonchev–Trinajstić information content (AvgIpc) is 2.97. The van der Waals surface area contributed by atoms with E-state index >= 15 is 0 Å². The number of guanidine groups is 1. The Morgan fingerprint density at radius 2 is 1.88 bits per heavy atom. The molecule has 0 saturated heterocycles. The number of aryl methyl sites for hydroxylation is 3. The fourth-order valence-electron chi connectivity index (χ4n) is 2.60. The minimum absolute atomic E-state index is 0. The maximum atomic E-state index is 4.25. The predicted molar refractivity (Wildman–Crippen MR) is 109 cm³/mol. The summed E-state index contributed by atoms with van der Waals surface area (Å²) in [6.07, 6.45) is 2.71. The van der Waals surface area contributed by atoms with Crippen molar-refractivity contribution in [1.29, 1.82) is 0 Å². The van der Waals surface area contributed by atoms with E-state index in [0.29, 0.717) is 6.54 Å². The molecule has 1 aromatic heterocycles. The SMILES string of the molecule is CCn1cnnc1CNC(=NC)NCCc1cc(C)cc(C)c1.I. The Morgan fingerprint density at radius 1 is 1.17 bits per heavy atom. The van der Waals surface area contributed by atoms with E-state index in [-0.39, 0.29) is 24.0 Å². The zero-order valence-electron chi connectivity index (χ0n) is 14.8. The monoisotopic (exact) mass is 442 g/mol. The Balaban J connectivity index is 0.00000288. The first-order chi connectivity index (χ1) is 11.1. The van der Waals surface area contributed by atoms with E-state index in [4.69, 9.17) is 0 Å². The highest BCUT2D eigenvalue weighted by Crippen LogP contribution is 2.08. The number of nitrogens with zero attached hydrogens (tertiary/aromatic N) is 4. The molecule has 24 heavy (non-hydrogen) atoms. The van der Waals surface area contributed by atoms with Crippen LogP contribution in [0.4, 0.5) is 0 Å². The molecule has 0 aliphatic carbocycles. The van der Waals surface area contributed by atoms with Gasteiger partial charge in [-0.3, -0.25) is 4.99 Å². The lowest BCUT2D eigenvalue weighted by Crippen LogP contribution is -2.38. The van der Waals surface area contributed by atoms with Crippen molar-refractivity contribution in [3.8, 4) is 0 Å². The quantitative estimate of drug-likeness (QED) is 0.410. The molecule has 0 amide bonds. The number of aromatic nitrogens is 3. The number of hydrogen-bond donors (Lipinski definition) is 2. The minimum Gasteiger partial charge on any atom is -0.356 e. The molecule has 6 nitrogen and oxygen atoms in total. The summed E-state index contributed by atoms with van der Waals surface area (Å²) < 4.78 is 2.01. The molecule has 2 N–H and O–H groups in total. The second-order valence-electron chi connectivity index (χ2n) is 5.63. The summed E-state index contributed by atoms with van der Waals surface area (Å²) in [5.41, 5.74) is 3.96. The molecule has 0 saturated carbocycles. The Kier molecular flexibility index (Phi) is 8.73. The lowest BCUT2D eigenvalue weighted by atomic mass is 10.1. The molecule has 2 rings (SSSR count). The number of benzene rings is 1. The smallest absolute Gasteiger partial charge is 0.191 e. The van der Waals surface area contributed by atoms with Crippen LogP contribution in [0.3, 0.4) is 0 Å². The van der Waals surface area contributed by atoms with Crippen LogP contribution in [0.5, 0.6) is 0 Å². The van der Waals surface area contributed by atoms with Gasteiger partial charge in [0.25, 0.3) is 0 Å². The number of halogens is 1. The molecule has 1 aromatic carbocycles. The molecule has 0 spiro atoms. The van der Waals surface area contributed by atoms with Crippen molar-refractivity contribution >= 4 is 29.9 Å². The fourth-order valence-corrected chi connectivity index (χ4v) is 2.60. The average molecular weight is 442 g/mol. The van der Waals surface area contributed by atoms with Crippen LogP contribution in [-0.2, 0) is 19.5 Å². The van der Waals surface area contributed by atoms with Crippen LogP contribution in [0, 0.1) is 13.8 Å². The standard InChI is InChI=1S/C17H26N6.HI/c1-5-23-12-21-22-16(23)11-20-17(18-4)19-7-6-15-9-13(2)8-14(3)10-15;/h8-10,12H,5-7,11H2,1-4H3,(H2,18,19,20);1H. The van der Waals surface area contributed by atoms with Gasteiger partial charge >= 0.3 is 0 Å². The highest BCUT2D eigenvalue weighted by molar-refractivity contribution is 14.0. The first-order valence-corrected chi connectivity index (χ1v) is 8.00. The summed E-state index contributed by atoms with van der Waals surface area (Å²) in [4.78, 5) is 4.25. The van der Waals surface area contributed by atoms with Gasteiger partial charge in [-0.1, -0.05) is 29.3 Å². The molecule has 0 fully saturated rings. The molecule has 0 atom stereocenters. The topological polar surface area (TPSA) is 67.1 Å². The zero-order valence-corrected chi connectivity index (χ0v) is 17.2. The van der Waals surface area contributed by atoms with E-state index in [1.165, 1.54) is 16.7 Å². The third-order valence-electron chi connectivity index (χ3n) is 3.66. The van der Waals surface area contributed by atoms with Crippen LogP contribution in [0.2, 0.25) is 0 Å². The lowest BCUT2D eigenvalue weighted by molar-refractivity contribution is 0.669. The molecule has 0 unspecified atom stereocenters. The van der Waals surface area contributed by atoms with Crippen LogP contribution < -0.4 is 10.6 Å². The van der Waals surface area contributed by atoms with Gasteiger partial charge in [0.15, 0.2) is 11.8 Å². The minimum atomic E-state index is 0. The summed E-state index contributed by atoms with van der Waals surface area (Å²) in [7, 11) is 1.77. The van der Waals surface area contributed by atoms with Crippen molar-refractivity contribution in [2.45, 2.75) is 40.3 Å². The third kappa shape index (κ3) is 6.10. The number of aliphatic imine (C=N–C) groups is 1. The van der Waals surface area contributed by atoms with Crippen molar-refractivity contribution in [3.05, 3.63) is 47.0 Å². The molecule has 132 valence electrons. The van der Waals surface area contributed by atoms with Crippen molar-refractivity contribution in [3.63, 3.8) is 0 Å². The van der Waals surface area contributed by atoms with Gasteiger partial charge in [0.2, 0.25) is 0 Å². The van der Waals surface area contributed by atoms with Crippen LogP contribution in [0.25, 0.3) is 0 Å². The zero-order chi connectivity index (χ0) is 16.7. The van der Waals surface area contributed by atoms with Gasteiger partial charge in [-0.2, -0.15) is 0 Å². The molecular formula is C17H27IN6. The van der Waals surface area contributed by atoms with Crippen molar-refractivity contribution < 1.29 is 0 Å². The van der Waals surface area contributed by atoms with Gasteiger partial charge in [0.1, 0.15) is 6.33 Å². The molecular weight excluding hydrogens is 415 g/mol. The van der Waals surface area contributed by atoms with Gasteiger partial charge < -0.3 is 15.2 Å². The van der Waals surface area contributed by atoms with Gasteiger partial charge in [-0.15, -0.1) is 34.2 Å². The molecule has 0 aliphatic heterocycles. The van der Waals surface area contributed by atoms with Gasteiger partial charge in [-0.25, -0.2) is 0 Å². The first-order valence-electron chi connectivity index (χ1n) is 8.00. The maximum Gasteiger partial charge on any atom is 0.191 e. The number of hydrogen-bond acceptors (Lipinski definition) is 3. The van der Waals surface area contributed by atoms with Crippen LogP contribution in [-0.4, -0.2) is 34.3 Å². The van der Waals surface area contributed by atoms with E-state index in [0.717, 1.165) is 31.3 Å². The normalized spacial score (nSPS) is 11.1. The fraction of sp³-hybridized carbons (Fsp3) is 0.471. The van der Waals surface area contributed by atoms with E-state index in [2.05, 4.69) is 64.8 Å². The number of nitrogens with one attached hydrogen (secondary N) is 2. The molecule has 0 bridgehead atoms. The van der Waals surface area contributed by atoms with Gasteiger partial charge in [0.05, 0.1) is 6.54 Å². The molecule has 2 aromatic rings. The van der Waals surface area contributed by atoms with Crippen LogP contribution in [0.15, 0.2) is 29.5 Å². The summed E-state index contributed by atoms with van der Waals surface area (Å²) in [6, 6.07) is 6.66. The second-order valence-corrected chi connectivity index (χ2v) is 5.63. The first kappa shape index (κ1) is 20.4. The third-order valence-corrected chi connectivity index (χ3v) is 3.66. The maximum absolute atomic E-state index is 4.25. The van der Waals surface area contributed by atoms with Gasteiger partial charge in [-0.05, 0) is 32.8 Å². The highest BCUT2D eigenvalue weighted by atomic mass is 127. The summed E-state index contributed by atoms with van der Waals surface area (Å²) >= 11 is 0. The van der Waals surface area contributed by atoms with E-state index in [1.54, 1.807) is 13.4 Å². The van der Waals surface area contributed by atoms with Crippen LogP contribution in [0.1, 0.15) is 29.4 Å². The van der Waals surface area contributed by atoms with E-state index < -0.39 is 0 Å². The van der Waals surface area contributed by atoms with Crippen LogP contribution >= 0.6 is 24.0 Å². The van der Waals surface area contributed by atoms with Crippen molar-refractivity contribution in [1.82, 2.24) is 25.4 Å². The predicted octanol–water partition coefficient (Wildman–Crippen LogP) is 2.44. The highest BCUT2D eigenvalue weighted by Gasteiger charge is 2.04. The Labute approximate surface area is 161 Å². The van der Waals surface area contributed by atoms with Gasteiger partial charge in [0, 0.05) is 20.1 Å². The van der Waals surface area contributed by atoms with E-state index in [1.807, 2.05) is 4.57 Å². The second kappa shape index (κ2) is 10.3. The molecule has 0 aliphatic rings. The molecule has 7 heteroatoms. The molecule has 0 radical (unpaired) electrons. The van der Waals surface area contributed by atoms with Crippen molar-refractivity contribution in [2.24, 2.45) is 4.99 Å². The number of rotatable bonds is 6. The lowest BCUT2D eigenvalue weighted by Gasteiger charge is -2.12. The summed E-state index contributed by atoms with van der Waals surface area (Å²) in [5, 5.41) is 14.6. The Morgan fingerprint density at radius 3 is 2.50 bits per heavy atom. The van der Waals surface area contributed by atoms with E-state index in [9.17, 15) is 0 Å². The Hall–Kier alpha value is -1.64. The summed E-state index contributed by atoms with van der Waals surface area (Å²) in [5.74, 6) is 1.68. The molecule has 1 heterocycles.